The first-order valence-corrected chi connectivity index (χ1v) is 5.25. The zero-order valence-electron chi connectivity index (χ0n) is 9.34. The van der Waals surface area contributed by atoms with Gasteiger partial charge >= 0.3 is 0 Å². The molecular weight excluding hydrogens is 245 g/mol. The number of nitrogens with one attached hydrogen (secondary N) is 1. The van der Waals surface area contributed by atoms with E-state index in [9.17, 15) is 4.39 Å². The van der Waals surface area contributed by atoms with Gasteiger partial charge in [0.1, 0.15) is 5.82 Å². The SMILES string of the molecule is COc1c(F)c(-c2cn[nH]c2N)cc(C)c1Cl. The normalized spacial score (nSPS) is 10.6. The summed E-state index contributed by atoms with van der Waals surface area (Å²) < 4.78 is 19.1. The van der Waals surface area contributed by atoms with E-state index in [4.69, 9.17) is 22.1 Å². The van der Waals surface area contributed by atoms with Crippen molar-refractivity contribution in [2.45, 2.75) is 6.92 Å². The molecule has 0 fully saturated rings. The minimum Gasteiger partial charge on any atom is -0.492 e. The summed E-state index contributed by atoms with van der Waals surface area (Å²) in [5.41, 5.74) is 7.17. The van der Waals surface area contributed by atoms with Gasteiger partial charge in [-0.15, -0.1) is 0 Å². The van der Waals surface area contributed by atoms with Gasteiger partial charge in [0.05, 0.1) is 18.3 Å². The van der Waals surface area contributed by atoms with E-state index in [1.807, 2.05) is 0 Å². The quantitative estimate of drug-likeness (QED) is 0.867. The van der Waals surface area contributed by atoms with Crippen LogP contribution in [-0.2, 0) is 0 Å². The molecule has 1 aromatic carbocycles. The number of benzene rings is 1. The highest BCUT2D eigenvalue weighted by Crippen LogP contribution is 2.38. The Morgan fingerprint density at radius 1 is 1.47 bits per heavy atom. The Morgan fingerprint density at radius 2 is 2.18 bits per heavy atom. The predicted octanol–water partition coefficient (Wildman–Crippen LogP) is 2.77. The number of nitrogens with two attached hydrogens (primary N) is 1. The molecule has 17 heavy (non-hydrogen) atoms. The van der Waals surface area contributed by atoms with E-state index in [-0.39, 0.29) is 10.8 Å². The second-order valence-electron chi connectivity index (χ2n) is 3.60. The van der Waals surface area contributed by atoms with Crippen molar-refractivity contribution in [3.8, 4) is 16.9 Å². The number of nitrogen functional groups attached to an aromatic ring is 1. The van der Waals surface area contributed by atoms with Gasteiger partial charge in [-0.1, -0.05) is 11.6 Å². The number of halogens is 2. The zero-order chi connectivity index (χ0) is 12.6. The van der Waals surface area contributed by atoms with Crippen molar-refractivity contribution in [3.63, 3.8) is 0 Å². The highest BCUT2D eigenvalue weighted by atomic mass is 35.5. The Bertz CT molecular complexity index is 568. The molecule has 0 unspecified atom stereocenters. The van der Waals surface area contributed by atoms with Crippen molar-refractivity contribution >= 4 is 17.4 Å². The van der Waals surface area contributed by atoms with Crippen molar-refractivity contribution in [3.05, 3.63) is 28.7 Å². The summed E-state index contributed by atoms with van der Waals surface area (Å²) in [5.74, 6) is -0.230. The number of hydrogen-bond donors (Lipinski definition) is 2. The third-order valence-electron chi connectivity index (χ3n) is 2.51. The zero-order valence-corrected chi connectivity index (χ0v) is 10.1. The molecule has 0 aliphatic heterocycles. The van der Waals surface area contributed by atoms with Crippen LogP contribution in [0.4, 0.5) is 10.2 Å². The number of H-pyrrole nitrogens is 1. The molecule has 1 heterocycles. The van der Waals surface area contributed by atoms with Gasteiger partial charge in [-0.3, -0.25) is 5.10 Å². The van der Waals surface area contributed by atoms with Crippen LogP contribution in [0.2, 0.25) is 5.02 Å². The van der Waals surface area contributed by atoms with Crippen molar-refractivity contribution in [1.82, 2.24) is 10.2 Å². The Hall–Kier alpha value is -1.75. The maximum Gasteiger partial charge on any atom is 0.174 e. The van der Waals surface area contributed by atoms with E-state index in [2.05, 4.69) is 10.2 Å². The molecule has 90 valence electrons. The number of aromatic nitrogens is 2. The van der Waals surface area contributed by atoms with Gasteiger partial charge in [0.25, 0.3) is 0 Å². The molecule has 4 nitrogen and oxygen atoms in total. The molecule has 2 rings (SSSR count). The summed E-state index contributed by atoms with van der Waals surface area (Å²) in [4.78, 5) is 0. The average Bonchev–Trinajstić information content (AvgIpc) is 2.71. The second kappa shape index (κ2) is 4.25. The molecule has 0 amide bonds. The van der Waals surface area contributed by atoms with Crippen molar-refractivity contribution in [1.29, 1.82) is 0 Å². The Labute approximate surface area is 103 Å². The molecule has 0 aliphatic rings. The lowest BCUT2D eigenvalue weighted by molar-refractivity contribution is 0.387. The smallest absolute Gasteiger partial charge is 0.174 e. The van der Waals surface area contributed by atoms with E-state index >= 15 is 0 Å². The molecule has 0 atom stereocenters. The lowest BCUT2D eigenvalue weighted by atomic mass is 10.0. The van der Waals surface area contributed by atoms with Crippen LogP contribution in [0.15, 0.2) is 12.3 Å². The molecule has 0 saturated carbocycles. The number of hydrogen-bond acceptors (Lipinski definition) is 3. The minimum atomic E-state index is -0.545. The first-order chi connectivity index (χ1) is 8.06. The van der Waals surface area contributed by atoms with Crippen molar-refractivity contribution in [2.24, 2.45) is 0 Å². The van der Waals surface area contributed by atoms with Gasteiger partial charge in [0.2, 0.25) is 0 Å². The summed E-state index contributed by atoms with van der Waals surface area (Å²) in [6.07, 6.45) is 1.46. The summed E-state index contributed by atoms with van der Waals surface area (Å²) in [5, 5.41) is 6.57. The maximum atomic E-state index is 14.2. The van der Waals surface area contributed by atoms with Gasteiger partial charge < -0.3 is 10.5 Å². The first kappa shape index (κ1) is 11.7. The molecule has 1 aromatic heterocycles. The molecule has 3 N–H and O–H groups in total. The monoisotopic (exact) mass is 255 g/mol. The summed E-state index contributed by atoms with van der Waals surface area (Å²) in [7, 11) is 1.37. The first-order valence-electron chi connectivity index (χ1n) is 4.88. The third kappa shape index (κ3) is 1.82. The van der Waals surface area contributed by atoms with E-state index < -0.39 is 5.82 Å². The van der Waals surface area contributed by atoms with E-state index in [0.29, 0.717) is 22.5 Å². The summed E-state index contributed by atoms with van der Waals surface area (Å²) >= 11 is 5.95. The van der Waals surface area contributed by atoms with Gasteiger partial charge in [-0.25, -0.2) is 4.39 Å². The van der Waals surface area contributed by atoms with Crippen molar-refractivity contribution < 1.29 is 9.13 Å². The highest BCUT2D eigenvalue weighted by Gasteiger charge is 2.19. The van der Waals surface area contributed by atoms with E-state index in [0.717, 1.165) is 0 Å². The van der Waals surface area contributed by atoms with Crippen LogP contribution in [0.25, 0.3) is 11.1 Å². The molecular formula is C11H11ClFN3O. The van der Waals surface area contributed by atoms with Crippen LogP contribution >= 0.6 is 11.6 Å². The standard InChI is InChI=1S/C11H11ClFN3O/c1-5-3-6(7-4-15-16-11(7)14)9(13)10(17-2)8(5)12/h3-4H,1-2H3,(H3,14,15,16). The number of aromatic amines is 1. The van der Waals surface area contributed by atoms with Gasteiger partial charge in [-0.05, 0) is 18.6 Å². The fraction of sp³-hybridized carbons (Fsp3) is 0.182. The van der Waals surface area contributed by atoms with Crippen LogP contribution in [0.1, 0.15) is 5.56 Å². The Balaban J connectivity index is 2.72. The topological polar surface area (TPSA) is 63.9 Å². The average molecular weight is 256 g/mol. The number of nitrogens with zero attached hydrogens (tertiary/aromatic N) is 1. The lowest BCUT2D eigenvalue weighted by Crippen LogP contribution is -1.96. The third-order valence-corrected chi connectivity index (χ3v) is 2.98. The predicted molar refractivity (Wildman–Crippen MR) is 64.7 cm³/mol. The number of anilines is 1. The van der Waals surface area contributed by atoms with E-state index in [1.54, 1.807) is 13.0 Å². The molecule has 2 aromatic rings. The van der Waals surface area contributed by atoms with Crippen LogP contribution in [0, 0.1) is 12.7 Å². The molecule has 0 spiro atoms. The minimum absolute atomic E-state index is 0.0160. The number of aryl methyl sites for hydroxylation is 1. The number of ether oxygens (including phenoxy) is 1. The molecule has 0 aliphatic carbocycles. The maximum absolute atomic E-state index is 14.2. The highest BCUT2D eigenvalue weighted by molar-refractivity contribution is 6.33. The van der Waals surface area contributed by atoms with Crippen LogP contribution in [0.3, 0.4) is 0 Å². The number of methoxy groups -OCH3 is 1. The van der Waals surface area contributed by atoms with Crippen LogP contribution in [-0.4, -0.2) is 17.3 Å². The fourth-order valence-corrected chi connectivity index (χ4v) is 1.84. The summed E-state index contributed by atoms with van der Waals surface area (Å²) in [6, 6.07) is 1.61. The lowest BCUT2D eigenvalue weighted by Gasteiger charge is -2.11. The van der Waals surface area contributed by atoms with Crippen LogP contribution < -0.4 is 10.5 Å². The van der Waals surface area contributed by atoms with Crippen LogP contribution in [0.5, 0.6) is 5.75 Å². The second-order valence-corrected chi connectivity index (χ2v) is 3.98. The molecule has 0 radical (unpaired) electrons. The number of rotatable bonds is 2. The van der Waals surface area contributed by atoms with Gasteiger partial charge in [-0.2, -0.15) is 5.10 Å². The molecule has 0 bridgehead atoms. The molecule has 0 saturated heterocycles. The largest absolute Gasteiger partial charge is 0.492 e. The van der Waals surface area contributed by atoms with Crippen molar-refractivity contribution in [2.75, 3.05) is 12.8 Å². The molecule has 6 heteroatoms. The summed E-state index contributed by atoms with van der Waals surface area (Å²) in [6.45, 7) is 1.77. The Morgan fingerprint density at radius 3 is 2.71 bits per heavy atom. The van der Waals surface area contributed by atoms with E-state index in [1.165, 1.54) is 13.3 Å². The fourth-order valence-electron chi connectivity index (χ4n) is 1.63. The Kier molecular flexibility index (Phi) is 2.93. The van der Waals surface area contributed by atoms with Gasteiger partial charge in [0.15, 0.2) is 11.6 Å². The van der Waals surface area contributed by atoms with Gasteiger partial charge in [0, 0.05) is 11.1 Å².